The summed E-state index contributed by atoms with van der Waals surface area (Å²) in [7, 11) is -2.75. The van der Waals surface area contributed by atoms with E-state index in [0.29, 0.717) is 12.0 Å². The molecule has 0 spiro atoms. The average molecular weight is 977 g/mol. The number of amides is 2. The second-order valence-electron chi connectivity index (χ2n) is 18.9. The molecule has 1 saturated carbocycles. The standard InChI is InChI=1S/C51H65N2O15P/c1-7-40-42(54)41(52(6)47(56)61-30-36-17-11-8-12-18-36)44-45(43(40)55)65-46-51(59,66-44)50(58,29-34(2)64-46)33-53(48(57)67-49(3,4)5)28-27-35-23-25-39(26-24-35)68-69(60,62-31-37-19-13-9-14-20-37)63-32-38-21-15-10-16-22-38/h8-26,34,40-46,54-55,58-59H,7,27-33H2,1-6H3/t34-,40-,41+,42+,43+,44-,45-,46+,50-,51-/m1/s1. The summed E-state index contributed by atoms with van der Waals surface area (Å²) in [6, 6.07) is 32.9. The zero-order valence-corrected chi connectivity index (χ0v) is 40.8. The van der Waals surface area contributed by atoms with Gasteiger partial charge in [0.2, 0.25) is 12.1 Å². The van der Waals surface area contributed by atoms with E-state index in [0.717, 1.165) is 21.6 Å². The van der Waals surface area contributed by atoms with E-state index in [-0.39, 0.29) is 45.0 Å². The molecule has 17 nitrogen and oxygen atoms in total. The monoisotopic (exact) mass is 976 g/mol. The molecule has 0 bridgehead atoms. The summed E-state index contributed by atoms with van der Waals surface area (Å²) < 4.78 is 61.8. The van der Waals surface area contributed by atoms with Crippen LogP contribution in [0.3, 0.4) is 0 Å². The lowest BCUT2D eigenvalue weighted by Crippen LogP contribution is -2.80. The molecule has 2 saturated heterocycles. The molecule has 4 N–H and O–H groups in total. The van der Waals surface area contributed by atoms with Gasteiger partial charge in [-0.15, -0.1) is 0 Å². The number of aliphatic hydroxyl groups excluding tert-OH is 2. The van der Waals surface area contributed by atoms with Gasteiger partial charge < -0.3 is 58.4 Å². The normalized spacial score (nSPS) is 27.9. The van der Waals surface area contributed by atoms with Gasteiger partial charge >= 0.3 is 20.0 Å². The summed E-state index contributed by atoms with van der Waals surface area (Å²) in [5, 5.41) is 48.8. The zero-order chi connectivity index (χ0) is 49.6. The highest BCUT2D eigenvalue weighted by molar-refractivity contribution is 7.48. The Hall–Kier alpha value is -4.91. The molecule has 3 fully saturated rings. The lowest BCUT2D eigenvalue weighted by atomic mass is 9.73. The van der Waals surface area contributed by atoms with Gasteiger partial charge in [-0.3, -0.25) is 9.05 Å². The van der Waals surface area contributed by atoms with Gasteiger partial charge in [-0.25, -0.2) is 14.2 Å². The van der Waals surface area contributed by atoms with Crippen molar-refractivity contribution in [3.8, 4) is 5.75 Å². The molecule has 2 heterocycles. The first-order chi connectivity index (χ1) is 32.8. The number of phosphoric ester groups is 1. The molecule has 18 heteroatoms. The maximum Gasteiger partial charge on any atom is 0.530 e. The third-order valence-electron chi connectivity index (χ3n) is 12.6. The molecular weight excluding hydrogens is 912 g/mol. The maximum atomic E-state index is 14.0. The van der Waals surface area contributed by atoms with Crippen LogP contribution in [0.4, 0.5) is 9.59 Å². The van der Waals surface area contributed by atoms with Crippen LogP contribution < -0.4 is 4.52 Å². The quantitative estimate of drug-likeness (QED) is 0.0776. The molecule has 4 aromatic rings. The molecular formula is C51H65N2O15P. The van der Waals surface area contributed by atoms with Crippen molar-refractivity contribution in [3.05, 3.63) is 138 Å². The molecule has 3 aliphatic rings. The topological polar surface area (TPSA) is 212 Å². The van der Waals surface area contributed by atoms with Crippen molar-refractivity contribution in [2.75, 3.05) is 20.1 Å². The molecule has 1 aliphatic carbocycles. The second kappa shape index (κ2) is 22.0. The number of hydrogen-bond acceptors (Lipinski definition) is 15. The summed E-state index contributed by atoms with van der Waals surface area (Å²) >= 11 is 0. The fourth-order valence-electron chi connectivity index (χ4n) is 8.99. The lowest BCUT2D eigenvalue weighted by Gasteiger charge is -2.61. The lowest BCUT2D eigenvalue weighted by molar-refractivity contribution is -0.486. The van der Waals surface area contributed by atoms with Crippen LogP contribution in [0.1, 0.15) is 69.7 Å². The molecule has 374 valence electrons. The number of ether oxygens (including phenoxy) is 5. The van der Waals surface area contributed by atoms with Crippen molar-refractivity contribution in [2.24, 2.45) is 5.92 Å². The first-order valence-electron chi connectivity index (χ1n) is 23.3. The Labute approximate surface area is 403 Å². The van der Waals surface area contributed by atoms with Crippen molar-refractivity contribution in [1.29, 1.82) is 0 Å². The maximum absolute atomic E-state index is 14.0. The summed E-state index contributed by atoms with van der Waals surface area (Å²) in [5.74, 6) is -3.30. The predicted octanol–water partition coefficient (Wildman–Crippen LogP) is 7.12. The number of phosphoric acid groups is 1. The Kier molecular flexibility index (Phi) is 16.6. The third kappa shape index (κ3) is 12.5. The van der Waals surface area contributed by atoms with Gasteiger partial charge in [0.25, 0.3) is 0 Å². The van der Waals surface area contributed by atoms with E-state index in [1.165, 1.54) is 11.9 Å². The summed E-state index contributed by atoms with van der Waals surface area (Å²) in [6.07, 6.45) is -9.16. The van der Waals surface area contributed by atoms with Gasteiger partial charge in [0, 0.05) is 25.9 Å². The fourth-order valence-corrected chi connectivity index (χ4v) is 10.2. The number of fused-ring (bicyclic) bond motifs is 2. The zero-order valence-electron chi connectivity index (χ0n) is 39.9. The smallest absolute Gasteiger partial charge is 0.445 e. The third-order valence-corrected chi connectivity index (χ3v) is 13.9. The molecule has 2 amide bonds. The van der Waals surface area contributed by atoms with E-state index in [1.54, 1.807) is 83.1 Å². The van der Waals surface area contributed by atoms with E-state index in [9.17, 15) is 34.6 Å². The number of hydrogen-bond donors (Lipinski definition) is 4. The Balaban J connectivity index is 1.10. The number of aliphatic hydroxyl groups is 4. The minimum atomic E-state index is -4.16. The highest BCUT2D eigenvalue weighted by Gasteiger charge is 2.69. The van der Waals surface area contributed by atoms with Gasteiger partial charge in [-0.2, -0.15) is 0 Å². The van der Waals surface area contributed by atoms with Crippen LogP contribution in [-0.2, 0) is 63.5 Å². The number of rotatable bonds is 17. The minimum absolute atomic E-state index is 0.0261. The molecule has 7 rings (SSSR count). The Morgan fingerprint density at radius 3 is 1.84 bits per heavy atom. The number of carbonyl (C=O) groups excluding carboxylic acids is 2. The van der Waals surface area contributed by atoms with E-state index in [4.69, 9.17) is 37.3 Å². The van der Waals surface area contributed by atoms with Crippen LogP contribution >= 0.6 is 7.82 Å². The second-order valence-corrected chi connectivity index (χ2v) is 20.5. The molecule has 69 heavy (non-hydrogen) atoms. The fraction of sp³-hybridized carbons (Fsp3) is 0.490. The number of nitrogens with zero attached hydrogens (tertiary/aromatic N) is 2. The van der Waals surface area contributed by atoms with E-state index in [2.05, 4.69) is 0 Å². The van der Waals surface area contributed by atoms with Gasteiger partial charge in [-0.05, 0) is 74.9 Å². The van der Waals surface area contributed by atoms with Gasteiger partial charge in [0.1, 0.15) is 35.8 Å². The molecule has 2 aliphatic heterocycles. The molecule has 10 atom stereocenters. The van der Waals surface area contributed by atoms with E-state index >= 15 is 0 Å². The first kappa shape index (κ1) is 51.9. The van der Waals surface area contributed by atoms with E-state index < -0.39 is 92.3 Å². The largest absolute Gasteiger partial charge is 0.530 e. The Morgan fingerprint density at radius 1 is 0.754 bits per heavy atom. The molecule has 0 aromatic heterocycles. The van der Waals surface area contributed by atoms with Crippen molar-refractivity contribution < 1.29 is 71.8 Å². The highest BCUT2D eigenvalue weighted by atomic mass is 31.2. The summed E-state index contributed by atoms with van der Waals surface area (Å²) in [5.41, 5.74) is -0.278. The molecule has 4 aromatic carbocycles. The molecule has 0 radical (unpaired) electrons. The highest BCUT2D eigenvalue weighted by Crippen LogP contribution is 2.52. The van der Waals surface area contributed by atoms with Crippen molar-refractivity contribution in [3.63, 3.8) is 0 Å². The SMILES string of the molecule is CC[C@H]1[C@H](O)[C@H]2O[C@@H]3O[C@H](C)C[C@@](O)(CN(CCc4ccc(OP(=O)(OCc5ccccc5)OCc5ccccc5)cc4)C(=O)OC(C)(C)C)[C@]3(O)O[C@@H]2[C@@H](N(C)C(=O)OCc2ccccc2)[C@H]1O. The Morgan fingerprint density at radius 2 is 1.30 bits per heavy atom. The van der Waals surface area contributed by atoms with Crippen molar-refractivity contribution in [2.45, 2.75) is 134 Å². The number of likely N-dealkylation sites (N-methyl/N-ethyl adjacent to an activating group) is 1. The van der Waals surface area contributed by atoms with Crippen LogP contribution in [0.25, 0.3) is 0 Å². The van der Waals surface area contributed by atoms with Crippen LogP contribution in [0.5, 0.6) is 5.75 Å². The van der Waals surface area contributed by atoms with Crippen LogP contribution in [-0.4, -0.2) is 122 Å². The Bertz CT molecular complexity index is 2290. The van der Waals surface area contributed by atoms with Gasteiger partial charge in [-0.1, -0.05) is 110 Å². The van der Waals surface area contributed by atoms with Gasteiger partial charge in [0.15, 0.2) is 0 Å². The van der Waals surface area contributed by atoms with Crippen LogP contribution in [0.15, 0.2) is 115 Å². The first-order valence-corrected chi connectivity index (χ1v) is 24.7. The number of benzene rings is 4. The van der Waals surface area contributed by atoms with Crippen molar-refractivity contribution in [1.82, 2.24) is 9.80 Å². The van der Waals surface area contributed by atoms with Crippen LogP contribution in [0, 0.1) is 5.92 Å². The van der Waals surface area contributed by atoms with Gasteiger partial charge in [0.05, 0.1) is 44.1 Å². The van der Waals surface area contributed by atoms with E-state index in [1.807, 2.05) is 66.7 Å². The molecule has 0 unspecified atom stereocenters. The van der Waals surface area contributed by atoms with Crippen LogP contribution in [0.2, 0.25) is 0 Å². The number of carbonyl (C=O) groups is 2. The van der Waals surface area contributed by atoms with Crippen molar-refractivity contribution >= 4 is 20.0 Å². The summed E-state index contributed by atoms with van der Waals surface area (Å²) in [6.45, 7) is 7.84. The predicted molar refractivity (Wildman–Crippen MR) is 251 cm³/mol. The average Bonchev–Trinajstić information content (AvgIpc) is 3.32. The summed E-state index contributed by atoms with van der Waals surface area (Å²) in [4.78, 5) is 30.1. The minimum Gasteiger partial charge on any atom is -0.445 e.